The van der Waals surface area contributed by atoms with Crippen molar-refractivity contribution in [3.05, 3.63) is 39.4 Å². The number of cyclic esters (lactones) is 1. The molecule has 6 atom stereocenters. The molecule has 0 aromatic heterocycles. The maximum Gasteiger partial charge on any atom is 0.375 e. The van der Waals surface area contributed by atoms with Gasteiger partial charge in [-0.2, -0.15) is 5.26 Å². The van der Waals surface area contributed by atoms with E-state index in [4.69, 9.17) is 23.7 Å². The van der Waals surface area contributed by atoms with E-state index < -0.39 is 46.6 Å². The second-order valence-corrected chi connectivity index (χ2v) is 12.6. The molecular weight excluding hydrogens is 578 g/mol. The van der Waals surface area contributed by atoms with E-state index in [0.717, 1.165) is 11.1 Å². The van der Waals surface area contributed by atoms with Gasteiger partial charge in [0, 0.05) is 48.2 Å². The minimum absolute atomic E-state index is 0.0200. The van der Waals surface area contributed by atoms with E-state index in [1.165, 1.54) is 25.8 Å². The Bertz CT molecular complexity index is 1670. The highest BCUT2D eigenvalue weighted by Crippen LogP contribution is 2.63. The Labute approximate surface area is 251 Å². The molecule has 2 aromatic carbocycles. The number of benzene rings is 2. The van der Waals surface area contributed by atoms with Gasteiger partial charge >= 0.3 is 11.9 Å². The molecule has 0 saturated carbocycles. The van der Waals surface area contributed by atoms with E-state index in [-0.39, 0.29) is 43.6 Å². The van der Waals surface area contributed by atoms with Crippen LogP contribution in [0.15, 0.2) is 6.07 Å². The Hall–Kier alpha value is -3.99. The number of hydrogen-bond acceptors (Lipinski definition) is 13. The standard InChI is InChI=1S/C30H29N3O9S/c1-12-5-15-6-30(9-31)10-32-21(18(15)23(36)24(12)38-4)22-28-20-19(16(33(22)30)7-39-29(37)17(35)8-43-28)27-26(40-11-41-27)13(2)25(20)42-14(3)34/h5,16,21-22,28,32,36H,6-8,10-11H2,1-4H3/t16-,21+,22+,28+,30?/m0/s1. The quantitative estimate of drug-likeness (QED) is 0.292. The second kappa shape index (κ2) is 9.77. The summed E-state index contributed by atoms with van der Waals surface area (Å²) in [6.07, 6.45) is 0.259. The number of piperazine rings is 1. The number of carbonyl (C=O) groups is 3. The first-order chi connectivity index (χ1) is 20.6. The number of carbonyl (C=O) groups excluding carboxylic acids is 3. The third kappa shape index (κ3) is 3.79. The Kier molecular flexibility index (Phi) is 6.32. The number of hydrogen-bond donors (Lipinski definition) is 2. The molecule has 6 heterocycles. The van der Waals surface area contributed by atoms with Crippen molar-refractivity contribution in [3.8, 4) is 34.8 Å². The van der Waals surface area contributed by atoms with E-state index in [9.17, 15) is 24.8 Å². The molecule has 12 nitrogen and oxygen atoms in total. The van der Waals surface area contributed by atoms with Gasteiger partial charge in [-0.05, 0) is 25.0 Å². The van der Waals surface area contributed by atoms with Gasteiger partial charge in [-0.25, -0.2) is 4.79 Å². The van der Waals surface area contributed by atoms with Gasteiger partial charge in [-0.3, -0.25) is 14.5 Å². The first-order valence-electron chi connectivity index (χ1n) is 13.9. The molecule has 13 heteroatoms. The lowest BCUT2D eigenvalue weighted by atomic mass is 9.76. The molecule has 0 radical (unpaired) electrons. The number of aryl methyl sites for hydroxylation is 1. The molecule has 2 saturated heterocycles. The molecule has 0 amide bonds. The van der Waals surface area contributed by atoms with Gasteiger partial charge in [-0.1, -0.05) is 6.07 Å². The van der Waals surface area contributed by atoms with Crippen molar-refractivity contribution < 1.29 is 43.2 Å². The summed E-state index contributed by atoms with van der Waals surface area (Å²) in [5, 5.41) is 25.5. The average Bonchev–Trinajstić information content (AvgIpc) is 3.36. The predicted molar refractivity (Wildman–Crippen MR) is 150 cm³/mol. The number of esters is 2. The molecular formula is C30H29N3O9S. The zero-order chi connectivity index (χ0) is 30.4. The molecule has 0 aliphatic carbocycles. The van der Waals surface area contributed by atoms with Crippen LogP contribution in [-0.2, 0) is 25.5 Å². The number of Topliss-reactive ketones (excluding diaryl/α,β-unsaturated/α-hetero) is 1. The van der Waals surface area contributed by atoms with Crippen molar-refractivity contribution in [2.75, 3.05) is 32.8 Å². The predicted octanol–water partition coefficient (Wildman–Crippen LogP) is 2.46. The van der Waals surface area contributed by atoms with E-state index in [1.807, 2.05) is 13.0 Å². The molecule has 2 fully saturated rings. The van der Waals surface area contributed by atoms with E-state index >= 15 is 0 Å². The van der Waals surface area contributed by atoms with Gasteiger partial charge in [0.25, 0.3) is 0 Å². The van der Waals surface area contributed by atoms with Crippen molar-refractivity contribution in [1.82, 2.24) is 10.2 Å². The summed E-state index contributed by atoms with van der Waals surface area (Å²) in [4.78, 5) is 40.1. The fraction of sp³-hybridized carbons (Fsp3) is 0.467. The van der Waals surface area contributed by atoms with Crippen LogP contribution in [0.1, 0.15) is 57.6 Å². The SMILES string of the molecule is COc1c(C)cc2c(c1O)[C@H]1NCC(C#N)(C2)N2[C@H]1[C@@H]1SCC(=O)C(=O)OC[C@H]2c2c3c(c(C)c(OC(C)=O)c21)OCO3. The van der Waals surface area contributed by atoms with E-state index in [0.29, 0.717) is 39.5 Å². The Morgan fingerprint density at radius 3 is 2.67 bits per heavy atom. The molecule has 0 spiro atoms. The van der Waals surface area contributed by atoms with Crippen LogP contribution in [0.2, 0.25) is 0 Å². The highest BCUT2D eigenvalue weighted by molar-refractivity contribution is 8.00. The number of ketones is 1. The van der Waals surface area contributed by atoms with Gasteiger partial charge in [0.2, 0.25) is 12.6 Å². The summed E-state index contributed by atoms with van der Waals surface area (Å²) >= 11 is 1.20. The third-order valence-electron chi connectivity index (χ3n) is 9.12. The molecule has 8 rings (SSSR count). The normalized spacial score (nSPS) is 29.9. The number of nitrogens with one attached hydrogen (secondary N) is 1. The number of phenolic OH excluding ortho intramolecular Hbond substituents is 1. The van der Waals surface area contributed by atoms with Crippen LogP contribution >= 0.6 is 11.8 Å². The Balaban J connectivity index is 1.57. The van der Waals surface area contributed by atoms with Crippen molar-refractivity contribution in [3.63, 3.8) is 0 Å². The summed E-state index contributed by atoms with van der Waals surface area (Å²) in [6.45, 7) is 4.84. The van der Waals surface area contributed by atoms with Crippen LogP contribution in [0.5, 0.6) is 28.7 Å². The van der Waals surface area contributed by atoms with Crippen molar-refractivity contribution in [2.24, 2.45) is 0 Å². The largest absolute Gasteiger partial charge is 0.504 e. The Morgan fingerprint density at radius 2 is 1.95 bits per heavy atom. The number of rotatable bonds is 2. The summed E-state index contributed by atoms with van der Waals surface area (Å²) in [6, 6.07) is 2.64. The summed E-state index contributed by atoms with van der Waals surface area (Å²) < 4.78 is 29.0. The molecule has 4 bridgehead atoms. The van der Waals surface area contributed by atoms with E-state index in [2.05, 4.69) is 16.3 Å². The number of fused-ring (bicyclic) bond motifs is 6. The minimum atomic E-state index is -1.16. The first kappa shape index (κ1) is 27.8. The van der Waals surface area contributed by atoms with Gasteiger partial charge < -0.3 is 34.1 Å². The van der Waals surface area contributed by atoms with Crippen LogP contribution in [0.25, 0.3) is 0 Å². The number of nitrogens with zero attached hydrogens (tertiary/aromatic N) is 2. The van der Waals surface area contributed by atoms with Crippen LogP contribution in [0, 0.1) is 25.2 Å². The zero-order valence-electron chi connectivity index (χ0n) is 23.9. The highest BCUT2D eigenvalue weighted by Gasteiger charge is 2.62. The molecule has 43 heavy (non-hydrogen) atoms. The lowest BCUT2D eigenvalue weighted by molar-refractivity contribution is -0.156. The summed E-state index contributed by atoms with van der Waals surface area (Å²) in [7, 11) is 1.49. The van der Waals surface area contributed by atoms with Gasteiger partial charge in [0.05, 0.1) is 36.3 Å². The van der Waals surface area contributed by atoms with Gasteiger partial charge in [-0.15, -0.1) is 11.8 Å². The van der Waals surface area contributed by atoms with Gasteiger partial charge in [0.15, 0.2) is 23.0 Å². The maximum atomic E-state index is 12.9. The molecule has 224 valence electrons. The highest BCUT2D eigenvalue weighted by atomic mass is 32.2. The fourth-order valence-electron chi connectivity index (χ4n) is 7.57. The smallest absolute Gasteiger partial charge is 0.375 e. The van der Waals surface area contributed by atoms with Crippen molar-refractivity contribution in [2.45, 2.75) is 56.1 Å². The summed E-state index contributed by atoms with van der Waals surface area (Å²) in [5.74, 6) is -0.966. The topological polar surface area (TPSA) is 157 Å². The monoisotopic (exact) mass is 607 g/mol. The number of phenols is 1. The van der Waals surface area contributed by atoms with Crippen molar-refractivity contribution >= 4 is 29.5 Å². The summed E-state index contributed by atoms with van der Waals surface area (Å²) in [5.41, 5.74) is 2.72. The number of methoxy groups -OCH3 is 1. The number of aromatic hydroxyl groups is 1. The zero-order valence-corrected chi connectivity index (χ0v) is 24.8. The first-order valence-corrected chi connectivity index (χ1v) is 14.9. The van der Waals surface area contributed by atoms with Crippen LogP contribution in [0.4, 0.5) is 0 Å². The average molecular weight is 608 g/mol. The van der Waals surface area contributed by atoms with E-state index in [1.54, 1.807) is 6.92 Å². The van der Waals surface area contributed by atoms with Crippen LogP contribution < -0.4 is 24.3 Å². The molecule has 2 aromatic rings. The maximum absolute atomic E-state index is 12.9. The lowest BCUT2D eigenvalue weighted by Crippen LogP contribution is -2.69. The molecule has 6 aliphatic rings. The number of ether oxygens (including phenoxy) is 5. The molecule has 6 aliphatic heterocycles. The van der Waals surface area contributed by atoms with Crippen LogP contribution in [0.3, 0.4) is 0 Å². The minimum Gasteiger partial charge on any atom is -0.504 e. The molecule has 2 unspecified atom stereocenters. The lowest BCUT2D eigenvalue weighted by Gasteiger charge is -2.57. The number of nitriles is 1. The Morgan fingerprint density at radius 1 is 1.19 bits per heavy atom. The second-order valence-electron chi connectivity index (χ2n) is 11.4. The molecule has 2 N–H and O–H groups in total. The number of thioether (sulfide) groups is 1. The van der Waals surface area contributed by atoms with Gasteiger partial charge in [0.1, 0.15) is 17.9 Å². The third-order valence-corrected chi connectivity index (χ3v) is 10.4. The fourth-order valence-corrected chi connectivity index (χ4v) is 8.90. The van der Waals surface area contributed by atoms with Crippen LogP contribution in [-0.4, -0.2) is 72.1 Å². The van der Waals surface area contributed by atoms with Crippen molar-refractivity contribution in [1.29, 1.82) is 5.26 Å².